The molecule has 0 aliphatic heterocycles. The molecule has 84 valence electrons. The first-order valence-electron chi connectivity index (χ1n) is 5.66. The van der Waals surface area contributed by atoms with Crippen molar-refractivity contribution in [1.29, 1.82) is 5.26 Å². The molecule has 1 heterocycles. The van der Waals surface area contributed by atoms with E-state index in [0.29, 0.717) is 6.04 Å². The summed E-state index contributed by atoms with van der Waals surface area (Å²) in [5, 5.41) is 12.5. The Kier molecular flexibility index (Phi) is 3.12. The molecule has 2 rings (SSSR count). The molecule has 0 atom stereocenters. The highest BCUT2D eigenvalue weighted by molar-refractivity contribution is 5.34. The molecule has 1 N–H and O–H groups in total. The van der Waals surface area contributed by atoms with Gasteiger partial charge in [-0.05, 0) is 31.4 Å². The van der Waals surface area contributed by atoms with Gasteiger partial charge in [-0.2, -0.15) is 5.26 Å². The van der Waals surface area contributed by atoms with Crippen molar-refractivity contribution in [2.24, 2.45) is 7.05 Å². The highest BCUT2D eigenvalue weighted by Gasteiger charge is 2.12. The molecule has 0 spiro atoms. The Bertz CT molecular complexity index is 440. The molecule has 0 unspecified atom stereocenters. The van der Waals surface area contributed by atoms with Crippen molar-refractivity contribution in [2.75, 3.05) is 0 Å². The van der Waals surface area contributed by atoms with E-state index in [1.807, 2.05) is 17.7 Å². The van der Waals surface area contributed by atoms with Gasteiger partial charge < -0.3 is 9.88 Å². The van der Waals surface area contributed by atoms with Gasteiger partial charge in [0.1, 0.15) is 11.8 Å². The van der Waals surface area contributed by atoms with Gasteiger partial charge in [-0.1, -0.05) is 12.2 Å². The third kappa shape index (κ3) is 2.02. The van der Waals surface area contributed by atoms with Crippen molar-refractivity contribution in [3.63, 3.8) is 0 Å². The number of hydrogen-bond donors (Lipinski definition) is 1. The predicted molar refractivity (Wildman–Crippen MR) is 63.9 cm³/mol. The molecule has 1 aromatic rings. The summed E-state index contributed by atoms with van der Waals surface area (Å²) in [6.45, 7) is 2.92. The third-order valence-electron chi connectivity index (χ3n) is 3.34. The fraction of sp³-hybridized carbons (Fsp3) is 0.462. The van der Waals surface area contributed by atoms with Gasteiger partial charge in [-0.3, -0.25) is 0 Å². The quantitative estimate of drug-likeness (QED) is 0.784. The molecule has 0 amide bonds. The lowest BCUT2D eigenvalue weighted by molar-refractivity contribution is 0.537. The molecule has 0 bridgehead atoms. The molecule has 0 aromatic carbocycles. The zero-order chi connectivity index (χ0) is 11.5. The maximum Gasteiger partial charge on any atom is 0.120 e. The maximum atomic E-state index is 8.93. The molecule has 0 saturated carbocycles. The highest BCUT2D eigenvalue weighted by Crippen LogP contribution is 2.15. The second-order valence-corrected chi connectivity index (χ2v) is 4.33. The van der Waals surface area contributed by atoms with Gasteiger partial charge in [0.05, 0.1) is 0 Å². The molecular formula is C13H17N3. The average Bonchev–Trinajstić information content (AvgIpc) is 2.88. The van der Waals surface area contributed by atoms with Crippen molar-refractivity contribution in [1.82, 2.24) is 9.88 Å². The standard InChI is InChI=1S/C13H17N3/c1-10-11(7-13(8-14)16(10)2)9-15-12-5-3-4-6-12/h3-4,7,12,15H,5-6,9H2,1-2H3. The number of hydrogen-bond acceptors (Lipinski definition) is 2. The molecule has 3 nitrogen and oxygen atoms in total. The van der Waals surface area contributed by atoms with Crippen LogP contribution in [0, 0.1) is 18.3 Å². The van der Waals surface area contributed by atoms with Crippen molar-refractivity contribution in [3.05, 3.63) is 35.2 Å². The molecule has 0 saturated heterocycles. The van der Waals surface area contributed by atoms with Crippen LogP contribution in [0.3, 0.4) is 0 Å². The number of aromatic nitrogens is 1. The second-order valence-electron chi connectivity index (χ2n) is 4.33. The van der Waals surface area contributed by atoms with Crippen LogP contribution in [0.5, 0.6) is 0 Å². The van der Waals surface area contributed by atoms with E-state index < -0.39 is 0 Å². The lowest BCUT2D eigenvalue weighted by Crippen LogP contribution is -2.25. The lowest BCUT2D eigenvalue weighted by Gasteiger charge is -2.11. The molecule has 3 heteroatoms. The fourth-order valence-corrected chi connectivity index (χ4v) is 2.09. The largest absolute Gasteiger partial charge is 0.340 e. The molecule has 0 radical (unpaired) electrons. The van der Waals surface area contributed by atoms with Gasteiger partial charge in [0, 0.05) is 25.3 Å². The topological polar surface area (TPSA) is 40.8 Å². The Hall–Kier alpha value is -1.53. The smallest absolute Gasteiger partial charge is 0.120 e. The van der Waals surface area contributed by atoms with Crippen molar-refractivity contribution in [2.45, 2.75) is 32.4 Å². The zero-order valence-electron chi connectivity index (χ0n) is 9.83. The minimum atomic E-state index is 0.574. The first-order chi connectivity index (χ1) is 7.72. The Morgan fingerprint density at radius 3 is 2.75 bits per heavy atom. The van der Waals surface area contributed by atoms with Crippen LogP contribution in [0.4, 0.5) is 0 Å². The number of rotatable bonds is 3. The summed E-state index contributed by atoms with van der Waals surface area (Å²) in [6, 6.07) is 4.76. The van der Waals surface area contributed by atoms with Crippen LogP contribution in [0.25, 0.3) is 0 Å². The van der Waals surface area contributed by atoms with E-state index in [4.69, 9.17) is 5.26 Å². The van der Waals surface area contributed by atoms with Gasteiger partial charge in [0.15, 0.2) is 0 Å². The van der Waals surface area contributed by atoms with Crippen LogP contribution in [-0.2, 0) is 13.6 Å². The first-order valence-corrected chi connectivity index (χ1v) is 5.66. The zero-order valence-corrected chi connectivity index (χ0v) is 9.83. The van der Waals surface area contributed by atoms with Gasteiger partial charge in [0.25, 0.3) is 0 Å². The summed E-state index contributed by atoms with van der Waals surface area (Å²) in [5.41, 5.74) is 3.14. The normalized spacial score (nSPS) is 15.6. The summed E-state index contributed by atoms with van der Waals surface area (Å²) in [5.74, 6) is 0. The van der Waals surface area contributed by atoms with Crippen LogP contribution < -0.4 is 5.32 Å². The molecule has 1 aromatic heterocycles. The first kappa shape index (κ1) is 11.0. The van der Waals surface area contributed by atoms with E-state index in [9.17, 15) is 0 Å². The number of nitrogens with zero attached hydrogens (tertiary/aromatic N) is 2. The van der Waals surface area contributed by atoms with Crippen LogP contribution in [0.1, 0.15) is 29.8 Å². The average molecular weight is 215 g/mol. The molecule has 0 fully saturated rings. The van der Waals surface area contributed by atoms with Gasteiger partial charge in [-0.15, -0.1) is 0 Å². The monoisotopic (exact) mass is 215 g/mol. The minimum Gasteiger partial charge on any atom is -0.340 e. The molecule has 16 heavy (non-hydrogen) atoms. The van der Waals surface area contributed by atoms with E-state index in [1.165, 1.54) is 11.3 Å². The summed E-state index contributed by atoms with van der Waals surface area (Å²) in [6.07, 6.45) is 6.68. The Morgan fingerprint density at radius 2 is 2.19 bits per heavy atom. The van der Waals surface area contributed by atoms with Crippen LogP contribution >= 0.6 is 0 Å². The van der Waals surface area contributed by atoms with Crippen molar-refractivity contribution in [3.8, 4) is 6.07 Å². The summed E-state index contributed by atoms with van der Waals surface area (Å²) < 4.78 is 1.95. The number of nitrogens with one attached hydrogen (secondary N) is 1. The van der Waals surface area contributed by atoms with E-state index in [1.54, 1.807) is 0 Å². The van der Waals surface area contributed by atoms with Crippen molar-refractivity contribution >= 4 is 0 Å². The fourth-order valence-electron chi connectivity index (χ4n) is 2.09. The van der Waals surface area contributed by atoms with Gasteiger partial charge >= 0.3 is 0 Å². The summed E-state index contributed by atoms with van der Waals surface area (Å²) >= 11 is 0. The van der Waals surface area contributed by atoms with Crippen LogP contribution in [0.15, 0.2) is 18.2 Å². The van der Waals surface area contributed by atoms with Gasteiger partial charge in [-0.25, -0.2) is 0 Å². The van der Waals surface area contributed by atoms with Gasteiger partial charge in [0.2, 0.25) is 0 Å². The maximum absolute atomic E-state index is 8.93. The lowest BCUT2D eigenvalue weighted by atomic mass is 10.2. The highest BCUT2D eigenvalue weighted by atomic mass is 15.0. The van der Waals surface area contributed by atoms with E-state index in [2.05, 4.69) is 30.5 Å². The van der Waals surface area contributed by atoms with E-state index in [0.717, 1.165) is 25.1 Å². The van der Waals surface area contributed by atoms with E-state index >= 15 is 0 Å². The van der Waals surface area contributed by atoms with Crippen LogP contribution in [0.2, 0.25) is 0 Å². The summed E-state index contributed by atoms with van der Waals surface area (Å²) in [4.78, 5) is 0. The number of nitriles is 1. The predicted octanol–water partition coefficient (Wildman–Crippen LogP) is 2.01. The molecular weight excluding hydrogens is 198 g/mol. The van der Waals surface area contributed by atoms with E-state index in [-0.39, 0.29) is 0 Å². The second kappa shape index (κ2) is 4.54. The Labute approximate surface area is 96.4 Å². The SMILES string of the molecule is Cc1c(CNC2CC=CC2)cc(C#N)n1C. The van der Waals surface area contributed by atoms with Crippen molar-refractivity contribution < 1.29 is 0 Å². The summed E-state index contributed by atoms with van der Waals surface area (Å²) in [7, 11) is 1.94. The Balaban J connectivity index is 2.02. The third-order valence-corrected chi connectivity index (χ3v) is 3.34. The molecule has 1 aliphatic rings. The minimum absolute atomic E-state index is 0.574. The Morgan fingerprint density at radius 1 is 1.50 bits per heavy atom. The molecule has 1 aliphatic carbocycles. The van der Waals surface area contributed by atoms with Crippen LogP contribution in [-0.4, -0.2) is 10.6 Å².